The number of halogens is 4. The van der Waals surface area contributed by atoms with Crippen LogP contribution < -0.4 is 5.32 Å². The number of carbonyl (C=O) groups excluding carboxylic acids is 1. The fraction of sp³-hybridized carbons (Fsp3) is 0.312. The molecule has 0 bridgehead atoms. The molecule has 0 fully saturated rings. The Balaban J connectivity index is 0.000000597. The Bertz CT molecular complexity index is 834. The van der Waals surface area contributed by atoms with Crippen molar-refractivity contribution in [3.05, 3.63) is 51.7 Å². The number of unbranched alkanes of at least 4 members (excludes halogenated alkanes) is 2. The summed E-state index contributed by atoms with van der Waals surface area (Å²) in [6, 6.07) is 5.16. The van der Waals surface area contributed by atoms with E-state index >= 15 is 0 Å². The van der Waals surface area contributed by atoms with Gasteiger partial charge in [0.15, 0.2) is 11.6 Å². The lowest BCUT2D eigenvalue weighted by atomic mass is 10.1. The van der Waals surface area contributed by atoms with Crippen LogP contribution in [-0.4, -0.2) is 14.3 Å². The molecule has 0 saturated carbocycles. The van der Waals surface area contributed by atoms with Gasteiger partial charge in [0, 0.05) is 43.4 Å². The van der Waals surface area contributed by atoms with Crippen molar-refractivity contribution in [2.75, 3.05) is 5.32 Å². The number of hydrogen-bond donors (Lipinski definition) is 1. The molecule has 0 saturated heterocycles. The summed E-state index contributed by atoms with van der Waals surface area (Å²) in [5.74, 6) is -2.21. The van der Waals surface area contributed by atoms with Crippen molar-refractivity contribution < 1.29 is 22.0 Å². The zero-order valence-corrected chi connectivity index (χ0v) is 16.9. The summed E-state index contributed by atoms with van der Waals surface area (Å²) >= 11 is 1.55. The van der Waals surface area contributed by atoms with Crippen LogP contribution in [0, 0.1) is 11.6 Å². The second kappa shape index (κ2) is 10.8. The molecule has 2 rings (SSSR count). The highest BCUT2D eigenvalue weighted by Crippen LogP contribution is 2.20. The molecule has 0 atom stereocenters. The van der Waals surface area contributed by atoms with Gasteiger partial charge in [0.2, 0.25) is 0 Å². The fourth-order valence-corrected chi connectivity index (χ4v) is 2.87. The lowest BCUT2D eigenvalue weighted by Crippen LogP contribution is -2.11. The van der Waals surface area contributed by atoms with E-state index in [0.29, 0.717) is 5.56 Å². The van der Waals surface area contributed by atoms with Crippen LogP contribution in [0.5, 0.6) is 0 Å². The smallest absolute Gasteiger partial charge is 0.317 e. The lowest BCUT2D eigenvalue weighted by molar-refractivity contribution is 0.102. The van der Waals surface area contributed by atoms with Gasteiger partial charge in [-0.2, -0.15) is 8.42 Å². The first kappa shape index (κ1) is 22.8. The van der Waals surface area contributed by atoms with E-state index < -0.39 is 19.9 Å². The first-order valence-corrected chi connectivity index (χ1v) is 11.6. The Morgan fingerprint density at radius 1 is 1.15 bits per heavy atom. The van der Waals surface area contributed by atoms with E-state index in [9.17, 15) is 13.6 Å². The molecule has 1 aromatic heterocycles. The maximum Gasteiger partial charge on any atom is 0.317 e. The van der Waals surface area contributed by atoms with Crippen LogP contribution >= 0.6 is 32.7 Å². The highest BCUT2D eigenvalue weighted by molar-refractivity contribution is 8.31. The number of carbonyl (C=O) groups is 1. The molecule has 1 amide bonds. The molecule has 1 aromatic carbocycles. The monoisotopic (exact) mass is 443 g/mol. The number of anilines is 1. The molecular formula is C16H17Cl2F2NO3S2. The maximum atomic E-state index is 13.1. The predicted molar refractivity (Wildman–Crippen MR) is 102 cm³/mol. The molecule has 1 heterocycles. The van der Waals surface area contributed by atoms with Gasteiger partial charge in [0.25, 0.3) is 5.91 Å². The van der Waals surface area contributed by atoms with Crippen molar-refractivity contribution >= 4 is 52.6 Å². The fourth-order valence-electron chi connectivity index (χ4n) is 1.96. The minimum atomic E-state index is -3.72. The van der Waals surface area contributed by atoms with Crippen molar-refractivity contribution in [1.82, 2.24) is 0 Å². The van der Waals surface area contributed by atoms with Gasteiger partial charge in [-0.05, 0) is 31.0 Å². The van der Waals surface area contributed by atoms with E-state index in [2.05, 4.69) is 33.6 Å². The standard InChI is InChI=1S/C16H17F2NOS.Cl2O2S/c1-2-3-4-5-13-8-11(10-21-13)16(20)19-12-6-7-14(17)15(18)9-12;1-5(2,3)4/h6-10H,2-5H2,1H3,(H,19,20);. The molecule has 144 valence electrons. The summed E-state index contributed by atoms with van der Waals surface area (Å²) in [6.07, 6.45) is 4.42. The molecule has 0 unspecified atom stereocenters. The van der Waals surface area contributed by atoms with Gasteiger partial charge in [-0.15, -0.1) is 11.3 Å². The van der Waals surface area contributed by atoms with Crippen LogP contribution in [0.15, 0.2) is 29.6 Å². The average molecular weight is 444 g/mol. The predicted octanol–water partition coefficient (Wildman–Crippen LogP) is 5.72. The highest BCUT2D eigenvalue weighted by Gasteiger charge is 2.10. The molecule has 4 nitrogen and oxygen atoms in total. The molecule has 10 heteroatoms. The number of amides is 1. The van der Waals surface area contributed by atoms with Crippen molar-refractivity contribution in [2.24, 2.45) is 0 Å². The number of benzene rings is 1. The largest absolute Gasteiger partial charge is 0.322 e. The lowest BCUT2D eigenvalue weighted by Gasteiger charge is -2.04. The van der Waals surface area contributed by atoms with Gasteiger partial charge in [0.1, 0.15) is 0 Å². The zero-order chi connectivity index (χ0) is 19.7. The second-order valence-corrected chi connectivity index (χ2v) is 9.88. The van der Waals surface area contributed by atoms with Crippen LogP contribution in [0.3, 0.4) is 0 Å². The molecule has 0 aliphatic heterocycles. The summed E-state index contributed by atoms with van der Waals surface area (Å²) in [5.41, 5.74) is 0.800. The average Bonchev–Trinajstić information content (AvgIpc) is 2.99. The molecule has 0 aliphatic rings. The quantitative estimate of drug-likeness (QED) is 0.458. The highest BCUT2D eigenvalue weighted by atomic mass is 36.0. The summed E-state index contributed by atoms with van der Waals surface area (Å²) in [6.45, 7) is 2.15. The number of aryl methyl sites for hydroxylation is 1. The Morgan fingerprint density at radius 3 is 2.38 bits per heavy atom. The van der Waals surface area contributed by atoms with Crippen LogP contribution in [0.1, 0.15) is 41.4 Å². The first-order chi connectivity index (χ1) is 12.1. The number of thiophene rings is 1. The third kappa shape index (κ3) is 9.47. The van der Waals surface area contributed by atoms with Crippen molar-refractivity contribution in [3.63, 3.8) is 0 Å². The summed E-state index contributed by atoms with van der Waals surface area (Å²) in [7, 11) is 4.81. The number of rotatable bonds is 6. The van der Waals surface area contributed by atoms with E-state index in [-0.39, 0.29) is 11.6 Å². The Kier molecular flexibility index (Phi) is 9.49. The molecule has 0 radical (unpaired) electrons. The van der Waals surface area contributed by atoms with Crippen molar-refractivity contribution in [3.8, 4) is 0 Å². The Hall–Kier alpha value is -1.22. The van der Waals surface area contributed by atoms with E-state index in [1.54, 1.807) is 16.7 Å². The zero-order valence-electron chi connectivity index (χ0n) is 13.8. The molecule has 1 N–H and O–H groups in total. The molecule has 26 heavy (non-hydrogen) atoms. The molecule has 2 aromatic rings. The number of nitrogens with one attached hydrogen (secondary N) is 1. The van der Waals surface area contributed by atoms with Crippen molar-refractivity contribution in [2.45, 2.75) is 32.6 Å². The molecule has 0 aliphatic carbocycles. The minimum absolute atomic E-state index is 0.248. The van der Waals surface area contributed by atoms with Crippen molar-refractivity contribution in [1.29, 1.82) is 0 Å². The SMILES string of the molecule is CCCCCc1cc(C(=O)Nc2ccc(F)c(F)c2)cs1.O=S(=O)(Cl)Cl. The van der Waals surface area contributed by atoms with Gasteiger partial charge in [-0.1, -0.05) is 19.8 Å². The molecular weight excluding hydrogens is 427 g/mol. The summed E-state index contributed by atoms with van der Waals surface area (Å²) < 4.78 is 44.2. The second-order valence-electron chi connectivity index (χ2n) is 5.22. The normalized spacial score (nSPS) is 10.8. The van der Waals surface area contributed by atoms with Gasteiger partial charge in [-0.3, -0.25) is 4.79 Å². The molecule has 0 spiro atoms. The summed E-state index contributed by atoms with van der Waals surface area (Å²) in [4.78, 5) is 13.2. The van der Waals surface area contributed by atoms with E-state index in [1.165, 1.54) is 17.4 Å². The third-order valence-electron chi connectivity index (χ3n) is 3.12. The van der Waals surface area contributed by atoms with E-state index in [0.717, 1.165) is 31.4 Å². The van der Waals surface area contributed by atoms with Crippen LogP contribution in [-0.2, 0) is 14.7 Å². The number of hydrogen-bond acceptors (Lipinski definition) is 4. The maximum absolute atomic E-state index is 13.1. The van der Waals surface area contributed by atoms with Gasteiger partial charge in [0.05, 0.1) is 5.56 Å². The Morgan fingerprint density at radius 2 is 1.81 bits per heavy atom. The van der Waals surface area contributed by atoms with Gasteiger partial charge in [-0.25, -0.2) is 8.78 Å². The topological polar surface area (TPSA) is 63.2 Å². The van der Waals surface area contributed by atoms with Gasteiger partial charge < -0.3 is 5.32 Å². The summed E-state index contributed by atoms with van der Waals surface area (Å²) in [5, 5.41) is 4.36. The van der Waals surface area contributed by atoms with Crippen LogP contribution in [0.25, 0.3) is 0 Å². The Labute approximate surface area is 164 Å². The minimum Gasteiger partial charge on any atom is -0.322 e. The first-order valence-electron chi connectivity index (χ1n) is 7.58. The third-order valence-corrected chi connectivity index (χ3v) is 4.12. The van der Waals surface area contributed by atoms with Crippen LogP contribution in [0.2, 0.25) is 0 Å². The van der Waals surface area contributed by atoms with Crippen LogP contribution in [0.4, 0.5) is 14.5 Å². The van der Waals surface area contributed by atoms with E-state index in [1.807, 2.05) is 6.07 Å². The van der Waals surface area contributed by atoms with Gasteiger partial charge >= 0.3 is 8.26 Å². The van der Waals surface area contributed by atoms with E-state index in [4.69, 9.17) is 8.42 Å².